The van der Waals surface area contributed by atoms with Gasteiger partial charge in [-0.2, -0.15) is 0 Å². The van der Waals surface area contributed by atoms with Crippen LogP contribution in [0.2, 0.25) is 0 Å². The zero-order valence-electron chi connectivity index (χ0n) is 13.4. The van der Waals surface area contributed by atoms with Crippen molar-refractivity contribution >= 4 is 17.5 Å². The zero-order chi connectivity index (χ0) is 15.4. The number of carbonyl (C=O) groups is 1. The smallest absolute Gasteiger partial charge is 0.241 e. The molecule has 1 amide bonds. The van der Waals surface area contributed by atoms with E-state index in [0.717, 1.165) is 48.8 Å². The van der Waals surface area contributed by atoms with Crippen LogP contribution < -0.4 is 10.6 Å². The zero-order valence-corrected chi connectivity index (χ0v) is 13.4. The Morgan fingerprint density at radius 2 is 1.86 bits per heavy atom. The standard InChI is InChI=1S/C15H25N5O/c1-5-8-16-13-10(2)14(17-9-12(21)20(3)4)19-15(18-13)11-6-7-11/h11H,5-9H2,1-4H3,(H2,16,17,18,19). The predicted octanol–water partition coefficient (Wildman–Crippen LogP) is 1.98. The molecule has 0 aliphatic heterocycles. The van der Waals surface area contributed by atoms with E-state index in [1.165, 1.54) is 0 Å². The number of hydrogen-bond donors (Lipinski definition) is 2. The van der Waals surface area contributed by atoms with Crippen LogP contribution in [0.25, 0.3) is 0 Å². The Labute approximate surface area is 126 Å². The quantitative estimate of drug-likeness (QED) is 0.804. The lowest BCUT2D eigenvalue weighted by Gasteiger charge is -2.16. The Morgan fingerprint density at radius 1 is 1.24 bits per heavy atom. The molecule has 2 rings (SSSR count). The van der Waals surface area contributed by atoms with E-state index >= 15 is 0 Å². The van der Waals surface area contributed by atoms with Crippen molar-refractivity contribution < 1.29 is 4.79 Å². The molecule has 0 atom stereocenters. The van der Waals surface area contributed by atoms with Gasteiger partial charge in [-0.3, -0.25) is 4.79 Å². The van der Waals surface area contributed by atoms with Crippen LogP contribution in [0.15, 0.2) is 0 Å². The summed E-state index contributed by atoms with van der Waals surface area (Å²) >= 11 is 0. The number of likely N-dealkylation sites (N-methyl/N-ethyl adjacent to an activating group) is 1. The van der Waals surface area contributed by atoms with E-state index in [1.807, 2.05) is 6.92 Å². The molecule has 116 valence electrons. The van der Waals surface area contributed by atoms with E-state index in [1.54, 1.807) is 19.0 Å². The first-order valence-electron chi connectivity index (χ1n) is 7.59. The molecule has 1 heterocycles. The molecule has 1 aromatic rings. The predicted molar refractivity (Wildman–Crippen MR) is 84.7 cm³/mol. The topological polar surface area (TPSA) is 70.1 Å². The Bertz CT molecular complexity index is 511. The lowest BCUT2D eigenvalue weighted by molar-refractivity contribution is -0.126. The second kappa shape index (κ2) is 6.74. The third kappa shape index (κ3) is 4.06. The fraction of sp³-hybridized carbons (Fsp3) is 0.667. The van der Waals surface area contributed by atoms with Gasteiger partial charge in [0.15, 0.2) is 0 Å². The van der Waals surface area contributed by atoms with E-state index in [9.17, 15) is 4.79 Å². The Kier molecular flexibility index (Phi) is 4.98. The highest BCUT2D eigenvalue weighted by Gasteiger charge is 2.28. The van der Waals surface area contributed by atoms with Crippen LogP contribution in [0.1, 0.15) is 43.5 Å². The van der Waals surface area contributed by atoms with Gasteiger partial charge >= 0.3 is 0 Å². The van der Waals surface area contributed by atoms with Gasteiger partial charge in [-0.15, -0.1) is 0 Å². The summed E-state index contributed by atoms with van der Waals surface area (Å²) in [4.78, 5) is 22.5. The highest BCUT2D eigenvalue weighted by molar-refractivity contribution is 5.80. The summed E-state index contributed by atoms with van der Waals surface area (Å²) in [6.07, 6.45) is 3.36. The van der Waals surface area contributed by atoms with Gasteiger partial charge in [0.1, 0.15) is 17.5 Å². The molecule has 0 radical (unpaired) electrons. The Morgan fingerprint density at radius 3 is 2.38 bits per heavy atom. The van der Waals surface area contributed by atoms with E-state index in [0.29, 0.717) is 5.92 Å². The molecule has 1 saturated carbocycles. The highest BCUT2D eigenvalue weighted by atomic mass is 16.2. The van der Waals surface area contributed by atoms with Gasteiger partial charge in [0.05, 0.1) is 6.54 Å². The molecule has 0 unspecified atom stereocenters. The largest absolute Gasteiger partial charge is 0.370 e. The van der Waals surface area contributed by atoms with E-state index in [2.05, 4.69) is 27.5 Å². The lowest BCUT2D eigenvalue weighted by atomic mass is 10.2. The summed E-state index contributed by atoms with van der Waals surface area (Å²) in [5, 5.41) is 6.50. The first kappa shape index (κ1) is 15.5. The van der Waals surface area contributed by atoms with Gasteiger partial charge in [-0.05, 0) is 26.2 Å². The lowest BCUT2D eigenvalue weighted by Crippen LogP contribution is -2.29. The molecule has 6 nitrogen and oxygen atoms in total. The Balaban J connectivity index is 2.17. The number of anilines is 2. The van der Waals surface area contributed by atoms with Crippen LogP contribution in [0.4, 0.5) is 11.6 Å². The molecule has 21 heavy (non-hydrogen) atoms. The third-order valence-electron chi connectivity index (χ3n) is 3.55. The minimum atomic E-state index is 0.0315. The third-order valence-corrected chi connectivity index (χ3v) is 3.55. The highest BCUT2D eigenvalue weighted by Crippen LogP contribution is 2.39. The average Bonchev–Trinajstić information content (AvgIpc) is 3.29. The van der Waals surface area contributed by atoms with Crippen LogP contribution in [0.3, 0.4) is 0 Å². The van der Waals surface area contributed by atoms with Crippen LogP contribution >= 0.6 is 0 Å². The molecule has 6 heteroatoms. The normalized spacial score (nSPS) is 13.9. The van der Waals surface area contributed by atoms with Crippen molar-refractivity contribution in [2.45, 2.75) is 39.0 Å². The van der Waals surface area contributed by atoms with Gasteiger partial charge in [0, 0.05) is 32.1 Å². The first-order chi connectivity index (χ1) is 10.0. The number of aromatic nitrogens is 2. The number of rotatable bonds is 7. The van der Waals surface area contributed by atoms with Gasteiger partial charge in [0.25, 0.3) is 0 Å². The van der Waals surface area contributed by atoms with Crippen molar-refractivity contribution in [2.24, 2.45) is 0 Å². The fourth-order valence-corrected chi connectivity index (χ4v) is 1.96. The van der Waals surface area contributed by atoms with Crippen molar-refractivity contribution in [2.75, 3.05) is 37.8 Å². The summed E-state index contributed by atoms with van der Waals surface area (Å²) in [6.45, 7) is 5.25. The van der Waals surface area contributed by atoms with Crippen molar-refractivity contribution in [3.8, 4) is 0 Å². The minimum Gasteiger partial charge on any atom is -0.370 e. The molecular formula is C15H25N5O. The van der Waals surface area contributed by atoms with Gasteiger partial charge in [-0.1, -0.05) is 6.92 Å². The molecule has 0 bridgehead atoms. The molecular weight excluding hydrogens is 266 g/mol. The van der Waals surface area contributed by atoms with Crippen LogP contribution in [0, 0.1) is 6.92 Å². The number of amides is 1. The number of carbonyl (C=O) groups excluding carboxylic acids is 1. The van der Waals surface area contributed by atoms with E-state index < -0.39 is 0 Å². The number of nitrogens with one attached hydrogen (secondary N) is 2. The molecule has 0 spiro atoms. The van der Waals surface area contributed by atoms with Crippen molar-refractivity contribution in [1.29, 1.82) is 0 Å². The molecule has 2 N–H and O–H groups in total. The first-order valence-corrected chi connectivity index (χ1v) is 7.59. The minimum absolute atomic E-state index is 0.0315. The van der Waals surface area contributed by atoms with Gasteiger partial charge in [-0.25, -0.2) is 9.97 Å². The van der Waals surface area contributed by atoms with Crippen LogP contribution in [0.5, 0.6) is 0 Å². The maximum Gasteiger partial charge on any atom is 0.241 e. The van der Waals surface area contributed by atoms with E-state index in [4.69, 9.17) is 0 Å². The summed E-state index contributed by atoms with van der Waals surface area (Å²) in [5.74, 6) is 3.05. The van der Waals surface area contributed by atoms with Crippen molar-refractivity contribution in [1.82, 2.24) is 14.9 Å². The van der Waals surface area contributed by atoms with E-state index in [-0.39, 0.29) is 12.5 Å². The molecule has 0 saturated heterocycles. The fourth-order valence-electron chi connectivity index (χ4n) is 1.96. The van der Waals surface area contributed by atoms with Crippen LogP contribution in [-0.4, -0.2) is 48.0 Å². The maximum atomic E-state index is 11.7. The molecule has 1 fully saturated rings. The summed E-state index contributed by atoms with van der Waals surface area (Å²) in [7, 11) is 3.50. The second-order valence-electron chi connectivity index (χ2n) is 5.75. The number of hydrogen-bond acceptors (Lipinski definition) is 5. The Hall–Kier alpha value is -1.85. The maximum absolute atomic E-state index is 11.7. The van der Waals surface area contributed by atoms with Crippen molar-refractivity contribution in [3.63, 3.8) is 0 Å². The second-order valence-corrected chi connectivity index (χ2v) is 5.75. The van der Waals surface area contributed by atoms with Gasteiger partial charge < -0.3 is 15.5 Å². The van der Waals surface area contributed by atoms with Crippen molar-refractivity contribution in [3.05, 3.63) is 11.4 Å². The van der Waals surface area contributed by atoms with Gasteiger partial charge in [0.2, 0.25) is 5.91 Å². The molecule has 1 aliphatic rings. The number of nitrogens with zero attached hydrogens (tertiary/aromatic N) is 3. The SMILES string of the molecule is CCCNc1nc(C2CC2)nc(NCC(=O)N(C)C)c1C. The summed E-state index contributed by atoms with van der Waals surface area (Å²) < 4.78 is 0. The monoisotopic (exact) mass is 291 g/mol. The summed E-state index contributed by atoms with van der Waals surface area (Å²) in [6, 6.07) is 0. The summed E-state index contributed by atoms with van der Waals surface area (Å²) in [5.41, 5.74) is 0.972. The molecule has 1 aromatic heterocycles. The molecule has 1 aliphatic carbocycles. The molecule has 0 aromatic carbocycles. The van der Waals surface area contributed by atoms with Crippen LogP contribution in [-0.2, 0) is 4.79 Å². The average molecular weight is 291 g/mol.